The van der Waals surface area contributed by atoms with Gasteiger partial charge in [-0.15, -0.1) is 0 Å². The molecule has 0 spiro atoms. The average Bonchev–Trinajstić information content (AvgIpc) is 2.54. The van der Waals surface area contributed by atoms with Crippen molar-refractivity contribution in [2.75, 3.05) is 31.2 Å². The fourth-order valence-electron chi connectivity index (χ4n) is 2.78. The van der Waals surface area contributed by atoms with Gasteiger partial charge in [-0.3, -0.25) is 0 Å². The highest BCUT2D eigenvalue weighted by molar-refractivity contribution is 6.35. The third kappa shape index (κ3) is 3.33. The van der Waals surface area contributed by atoms with Crippen LogP contribution in [0.5, 0.6) is 0 Å². The Kier molecular flexibility index (Phi) is 4.54. The van der Waals surface area contributed by atoms with Gasteiger partial charge in [0, 0.05) is 24.0 Å². The minimum absolute atomic E-state index is 0.374. The predicted octanol–water partition coefficient (Wildman–Crippen LogP) is 3.05. The molecule has 1 aliphatic heterocycles. The number of pyridine rings is 1. The van der Waals surface area contributed by atoms with E-state index < -0.39 is 6.09 Å². The van der Waals surface area contributed by atoms with E-state index in [1.807, 2.05) is 25.1 Å². The number of nitrogens with one attached hydrogen (secondary N) is 1. The Balaban J connectivity index is 2.12. The number of carbonyl (C=O) groups is 1. The molecule has 1 fully saturated rings. The topological polar surface area (TPSA) is 74.7 Å². The molecule has 0 radical (unpaired) electrons. The summed E-state index contributed by atoms with van der Waals surface area (Å²) in [6, 6.07) is 7.17. The average molecular weight is 336 g/mol. The van der Waals surface area contributed by atoms with E-state index in [0.29, 0.717) is 18.2 Å². The van der Waals surface area contributed by atoms with Crippen molar-refractivity contribution in [1.29, 1.82) is 0 Å². The summed E-state index contributed by atoms with van der Waals surface area (Å²) >= 11 is 6.27. The van der Waals surface area contributed by atoms with E-state index in [4.69, 9.17) is 26.4 Å². The smallest absolute Gasteiger partial charge is 0.405 e. The molecular weight excluding hydrogens is 318 g/mol. The highest BCUT2D eigenvalue weighted by Gasteiger charge is 2.22. The van der Waals surface area contributed by atoms with Crippen molar-refractivity contribution in [2.45, 2.75) is 13.0 Å². The van der Waals surface area contributed by atoms with E-state index in [9.17, 15) is 4.79 Å². The van der Waals surface area contributed by atoms with Gasteiger partial charge in [0.25, 0.3) is 0 Å². The van der Waals surface area contributed by atoms with Crippen molar-refractivity contribution in [1.82, 2.24) is 10.3 Å². The van der Waals surface area contributed by atoms with Crippen molar-refractivity contribution >= 4 is 34.4 Å². The highest BCUT2D eigenvalue weighted by Crippen LogP contribution is 2.31. The van der Waals surface area contributed by atoms with Crippen molar-refractivity contribution in [3.05, 3.63) is 34.9 Å². The summed E-state index contributed by atoms with van der Waals surface area (Å²) in [4.78, 5) is 17.8. The van der Waals surface area contributed by atoms with Crippen LogP contribution in [0.25, 0.3) is 10.9 Å². The number of fused-ring (bicyclic) bond motifs is 1. The Bertz CT molecular complexity index is 732. The van der Waals surface area contributed by atoms with Crippen LogP contribution in [0.2, 0.25) is 5.02 Å². The minimum Gasteiger partial charge on any atom is -0.465 e. The summed E-state index contributed by atoms with van der Waals surface area (Å²) in [5.41, 5.74) is 1.56. The van der Waals surface area contributed by atoms with E-state index in [0.717, 1.165) is 35.4 Å². The number of amides is 1. The lowest BCUT2D eigenvalue weighted by molar-refractivity contribution is 0.122. The van der Waals surface area contributed by atoms with Crippen LogP contribution in [0.15, 0.2) is 24.3 Å². The number of para-hydroxylation sites is 1. The summed E-state index contributed by atoms with van der Waals surface area (Å²) in [6.07, 6.45) is -1.06. The number of halogens is 1. The van der Waals surface area contributed by atoms with Crippen LogP contribution in [-0.2, 0) is 4.74 Å². The lowest BCUT2D eigenvalue weighted by Gasteiger charge is -2.31. The molecule has 2 heterocycles. The fourth-order valence-corrected chi connectivity index (χ4v) is 3.00. The standard InChI is InChI=1S/C16H18ClN3O3/c1-10(18-16(21)22)12-9-11-3-2-4-13(17)14(11)19-15(12)20-5-7-23-8-6-20/h2-4,9-10,18H,5-8H2,1H3,(H,21,22). The molecule has 0 bridgehead atoms. The molecule has 1 atom stereocenters. The van der Waals surface area contributed by atoms with Crippen LogP contribution >= 0.6 is 11.6 Å². The molecule has 1 aromatic heterocycles. The first-order valence-electron chi connectivity index (χ1n) is 7.47. The van der Waals surface area contributed by atoms with Gasteiger partial charge in [0.1, 0.15) is 5.82 Å². The van der Waals surface area contributed by atoms with Gasteiger partial charge in [-0.25, -0.2) is 9.78 Å². The number of rotatable bonds is 3. The second kappa shape index (κ2) is 6.60. The molecule has 23 heavy (non-hydrogen) atoms. The second-order valence-corrected chi connectivity index (χ2v) is 5.89. The maximum absolute atomic E-state index is 11.0. The number of nitrogens with zero attached hydrogens (tertiary/aromatic N) is 2. The first-order valence-corrected chi connectivity index (χ1v) is 7.85. The number of carboxylic acid groups (broad SMARTS) is 1. The zero-order valence-corrected chi connectivity index (χ0v) is 13.5. The molecule has 6 nitrogen and oxygen atoms in total. The molecule has 1 aromatic carbocycles. The Hall–Kier alpha value is -2.05. The van der Waals surface area contributed by atoms with E-state index in [1.54, 1.807) is 6.07 Å². The number of hydrogen-bond donors (Lipinski definition) is 2. The van der Waals surface area contributed by atoms with Gasteiger partial charge in [0.05, 0.1) is 29.8 Å². The number of morpholine rings is 1. The molecule has 0 saturated carbocycles. The zero-order valence-electron chi connectivity index (χ0n) is 12.8. The Labute approximate surface area is 139 Å². The van der Waals surface area contributed by atoms with Gasteiger partial charge in [-0.2, -0.15) is 0 Å². The van der Waals surface area contributed by atoms with E-state index in [2.05, 4.69) is 10.2 Å². The summed E-state index contributed by atoms with van der Waals surface area (Å²) in [5, 5.41) is 13.0. The fraction of sp³-hybridized carbons (Fsp3) is 0.375. The number of benzene rings is 1. The third-order valence-corrected chi connectivity index (χ3v) is 4.23. The molecule has 1 aliphatic rings. The van der Waals surface area contributed by atoms with Gasteiger partial charge in [0.2, 0.25) is 0 Å². The van der Waals surface area contributed by atoms with Gasteiger partial charge in [-0.05, 0) is 19.1 Å². The number of ether oxygens (including phenoxy) is 1. The predicted molar refractivity (Wildman–Crippen MR) is 89.4 cm³/mol. The van der Waals surface area contributed by atoms with E-state index in [-0.39, 0.29) is 6.04 Å². The summed E-state index contributed by atoms with van der Waals surface area (Å²) in [7, 11) is 0. The molecule has 2 N–H and O–H groups in total. The molecule has 0 aliphatic carbocycles. The molecule has 122 valence electrons. The third-order valence-electron chi connectivity index (χ3n) is 3.92. The van der Waals surface area contributed by atoms with Gasteiger partial charge >= 0.3 is 6.09 Å². The maximum Gasteiger partial charge on any atom is 0.405 e. The largest absolute Gasteiger partial charge is 0.465 e. The van der Waals surface area contributed by atoms with Gasteiger partial charge in [0.15, 0.2) is 0 Å². The SMILES string of the molecule is CC(NC(=O)O)c1cc2cccc(Cl)c2nc1N1CCOCC1. The maximum atomic E-state index is 11.0. The molecule has 7 heteroatoms. The Morgan fingerprint density at radius 3 is 2.87 bits per heavy atom. The number of aromatic nitrogens is 1. The van der Waals surface area contributed by atoms with Crippen LogP contribution in [0, 0.1) is 0 Å². The monoisotopic (exact) mass is 335 g/mol. The molecule has 1 unspecified atom stereocenters. The Morgan fingerprint density at radius 2 is 2.17 bits per heavy atom. The van der Waals surface area contributed by atoms with Crippen LogP contribution in [0.3, 0.4) is 0 Å². The molecule has 3 rings (SSSR count). The van der Waals surface area contributed by atoms with Crippen LogP contribution in [0.4, 0.5) is 10.6 Å². The van der Waals surface area contributed by atoms with E-state index >= 15 is 0 Å². The second-order valence-electron chi connectivity index (χ2n) is 5.48. The van der Waals surface area contributed by atoms with Crippen LogP contribution < -0.4 is 10.2 Å². The lowest BCUT2D eigenvalue weighted by Crippen LogP contribution is -2.38. The van der Waals surface area contributed by atoms with Crippen LogP contribution in [0.1, 0.15) is 18.5 Å². The summed E-state index contributed by atoms with van der Waals surface area (Å²) in [5.74, 6) is 0.759. The van der Waals surface area contributed by atoms with E-state index in [1.165, 1.54) is 0 Å². The summed E-state index contributed by atoms with van der Waals surface area (Å²) < 4.78 is 5.39. The Morgan fingerprint density at radius 1 is 1.43 bits per heavy atom. The first-order chi connectivity index (χ1) is 11.1. The number of anilines is 1. The van der Waals surface area contributed by atoms with Crippen molar-refractivity contribution in [3.63, 3.8) is 0 Å². The first kappa shape index (κ1) is 15.8. The van der Waals surface area contributed by atoms with Crippen LogP contribution in [-0.4, -0.2) is 42.5 Å². The van der Waals surface area contributed by atoms with Crippen molar-refractivity contribution in [3.8, 4) is 0 Å². The molecular formula is C16H18ClN3O3. The minimum atomic E-state index is -1.06. The molecule has 2 aromatic rings. The quantitative estimate of drug-likeness (QED) is 0.901. The van der Waals surface area contributed by atoms with Gasteiger partial charge < -0.3 is 20.1 Å². The van der Waals surface area contributed by atoms with Crippen molar-refractivity contribution in [2.24, 2.45) is 0 Å². The zero-order chi connectivity index (χ0) is 16.4. The summed E-state index contributed by atoms with van der Waals surface area (Å²) in [6.45, 7) is 4.50. The van der Waals surface area contributed by atoms with Crippen molar-refractivity contribution < 1.29 is 14.6 Å². The molecule has 1 saturated heterocycles. The lowest BCUT2D eigenvalue weighted by atomic mass is 10.1. The molecule has 1 amide bonds. The normalized spacial score (nSPS) is 16.3. The highest BCUT2D eigenvalue weighted by atomic mass is 35.5. The number of hydrogen-bond acceptors (Lipinski definition) is 4. The van der Waals surface area contributed by atoms with Gasteiger partial charge in [-0.1, -0.05) is 23.7 Å².